The number of piperidine rings is 1. The van der Waals surface area contributed by atoms with E-state index in [0.29, 0.717) is 5.95 Å². The molecular formula is C18H22F3N5O3. The van der Waals surface area contributed by atoms with Crippen molar-refractivity contribution in [1.82, 2.24) is 19.7 Å². The highest BCUT2D eigenvalue weighted by Gasteiger charge is 2.31. The molecule has 1 saturated heterocycles. The Bertz CT molecular complexity index is 932. The standard InChI is InChI=1S/C18H22F3N5O3/c1-3-26-8-4-5-11(10-26)22-17-24-23-15(16(28)25(17)2)13-7-6-12(9-14(13)27)29-18(19,20)21/h6-7,9,11,27H,3-5,8,10H2,1-2H3,(H,22,24)/t11-/m1/s1. The number of hydrogen-bond donors (Lipinski definition) is 2. The molecule has 1 fully saturated rings. The molecule has 11 heteroatoms. The number of halogens is 3. The summed E-state index contributed by atoms with van der Waals surface area (Å²) in [5.41, 5.74) is -0.743. The zero-order valence-corrected chi connectivity index (χ0v) is 16.0. The minimum atomic E-state index is -4.89. The van der Waals surface area contributed by atoms with E-state index in [1.54, 1.807) is 0 Å². The van der Waals surface area contributed by atoms with E-state index in [-0.39, 0.29) is 17.3 Å². The van der Waals surface area contributed by atoms with Crippen LogP contribution >= 0.6 is 0 Å². The Morgan fingerprint density at radius 1 is 1.34 bits per heavy atom. The van der Waals surface area contributed by atoms with E-state index >= 15 is 0 Å². The lowest BCUT2D eigenvalue weighted by Crippen LogP contribution is -2.43. The number of nitrogens with one attached hydrogen (secondary N) is 1. The molecule has 0 bridgehead atoms. The first kappa shape index (κ1) is 20.9. The van der Waals surface area contributed by atoms with Gasteiger partial charge in [0.1, 0.15) is 11.5 Å². The van der Waals surface area contributed by atoms with Gasteiger partial charge in [-0.15, -0.1) is 23.4 Å². The summed E-state index contributed by atoms with van der Waals surface area (Å²) < 4.78 is 41.9. The summed E-state index contributed by atoms with van der Waals surface area (Å²) in [7, 11) is 1.52. The summed E-state index contributed by atoms with van der Waals surface area (Å²) in [6.45, 7) is 4.89. The summed E-state index contributed by atoms with van der Waals surface area (Å²) in [6, 6.07) is 3.03. The van der Waals surface area contributed by atoms with Crippen LogP contribution in [0, 0.1) is 0 Å². The fourth-order valence-electron chi connectivity index (χ4n) is 3.31. The molecule has 0 radical (unpaired) electrons. The van der Waals surface area contributed by atoms with E-state index in [1.165, 1.54) is 11.6 Å². The molecule has 0 saturated carbocycles. The molecule has 0 spiro atoms. The van der Waals surface area contributed by atoms with Crippen LogP contribution in [0.4, 0.5) is 19.1 Å². The van der Waals surface area contributed by atoms with Gasteiger partial charge in [-0.1, -0.05) is 6.92 Å². The number of likely N-dealkylation sites (tertiary alicyclic amines) is 1. The summed E-state index contributed by atoms with van der Waals surface area (Å²) in [4.78, 5) is 15.0. The Morgan fingerprint density at radius 3 is 2.76 bits per heavy atom. The van der Waals surface area contributed by atoms with Crippen LogP contribution in [0.3, 0.4) is 0 Å². The van der Waals surface area contributed by atoms with Gasteiger partial charge in [0.2, 0.25) is 5.95 Å². The average Bonchev–Trinajstić information content (AvgIpc) is 2.65. The molecule has 1 atom stereocenters. The van der Waals surface area contributed by atoms with Gasteiger partial charge in [0.15, 0.2) is 5.69 Å². The maximum atomic E-state index is 12.7. The van der Waals surface area contributed by atoms with E-state index in [0.717, 1.165) is 50.7 Å². The van der Waals surface area contributed by atoms with Gasteiger partial charge in [-0.25, -0.2) is 0 Å². The van der Waals surface area contributed by atoms with Crippen LogP contribution < -0.4 is 15.6 Å². The van der Waals surface area contributed by atoms with E-state index in [2.05, 4.69) is 32.1 Å². The molecule has 8 nitrogen and oxygen atoms in total. The zero-order chi connectivity index (χ0) is 21.2. The van der Waals surface area contributed by atoms with Crippen molar-refractivity contribution >= 4 is 5.95 Å². The molecule has 1 aromatic carbocycles. The SMILES string of the molecule is CCN1CCC[C@@H](Nc2nnc(-c3ccc(OC(F)(F)F)cc3O)c(=O)n2C)C1. The van der Waals surface area contributed by atoms with Gasteiger partial charge in [0.25, 0.3) is 5.56 Å². The molecule has 1 aromatic heterocycles. The maximum absolute atomic E-state index is 12.7. The molecule has 158 valence electrons. The molecule has 29 heavy (non-hydrogen) atoms. The van der Waals surface area contributed by atoms with Crippen molar-refractivity contribution < 1.29 is 23.0 Å². The van der Waals surface area contributed by atoms with Crippen molar-refractivity contribution in [3.8, 4) is 22.8 Å². The third kappa shape index (κ3) is 4.97. The quantitative estimate of drug-likeness (QED) is 0.777. The molecule has 2 aromatic rings. The monoisotopic (exact) mass is 413 g/mol. The van der Waals surface area contributed by atoms with Crippen molar-refractivity contribution in [1.29, 1.82) is 0 Å². The summed E-state index contributed by atoms with van der Waals surface area (Å²) in [5.74, 6) is -0.873. The first-order valence-corrected chi connectivity index (χ1v) is 9.19. The minimum Gasteiger partial charge on any atom is -0.507 e. The van der Waals surface area contributed by atoms with Gasteiger partial charge < -0.3 is 20.1 Å². The molecule has 2 heterocycles. The summed E-state index contributed by atoms with van der Waals surface area (Å²) in [5, 5.41) is 21.2. The summed E-state index contributed by atoms with van der Waals surface area (Å²) in [6.07, 6.45) is -2.91. The van der Waals surface area contributed by atoms with Crippen LogP contribution in [0.25, 0.3) is 11.3 Å². The van der Waals surface area contributed by atoms with Crippen molar-refractivity contribution in [2.24, 2.45) is 7.05 Å². The highest BCUT2D eigenvalue weighted by molar-refractivity contribution is 5.67. The predicted molar refractivity (Wildman–Crippen MR) is 99.8 cm³/mol. The lowest BCUT2D eigenvalue weighted by molar-refractivity contribution is -0.274. The van der Waals surface area contributed by atoms with E-state index < -0.39 is 23.4 Å². The fraction of sp³-hybridized carbons (Fsp3) is 0.500. The Labute approximate surface area is 164 Å². The third-order valence-electron chi connectivity index (χ3n) is 4.81. The van der Waals surface area contributed by atoms with Gasteiger partial charge in [-0.05, 0) is 38.1 Å². The van der Waals surface area contributed by atoms with Crippen molar-refractivity contribution in [3.05, 3.63) is 28.6 Å². The predicted octanol–water partition coefficient (Wildman–Crippen LogP) is 2.34. The maximum Gasteiger partial charge on any atom is 0.573 e. The lowest BCUT2D eigenvalue weighted by atomic mass is 10.1. The van der Waals surface area contributed by atoms with Gasteiger partial charge in [0, 0.05) is 31.3 Å². The number of aromatic nitrogens is 3. The van der Waals surface area contributed by atoms with Crippen LogP contribution in [0.2, 0.25) is 0 Å². The molecule has 1 aliphatic rings. The smallest absolute Gasteiger partial charge is 0.507 e. The Balaban J connectivity index is 1.83. The van der Waals surface area contributed by atoms with Gasteiger partial charge in [0.05, 0.1) is 0 Å². The summed E-state index contributed by atoms with van der Waals surface area (Å²) >= 11 is 0. The second kappa shape index (κ2) is 8.27. The van der Waals surface area contributed by atoms with Crippen LogP contribution in [-0.2, 0) is 7.05 Å². The first-order chi connectivity index (χ1) is 13.7. The number of phenols is 1. The molecule has 0 amide bonds. The number of aromatic hydroxyl groups is 1. The molecular weight excluding hydrogens is 391 g/mol. The topological polar surface area (TPSA) is 92.5 Å². The number of rotatable bonds is 5. The number of hydrogen-bond acceptors (Lipinski definition) is 7. The molecule has 0 unspecified atom stereocenters. The third-order valence-corrected chi connectivity index (χ3v) is 4.81. The number of anilines is 1. The van der Waals surface area contributed by atoms with Crippen LogP contribution in [0.1, 0.15) is 19.8 Å². The minimum absolute atomic E-state index is 0.0333. The first-order valence-electron chi connectivity index (χ1n) is 9.19. The number of likely N-dealkylation sites (N-methyl/N-ethyl adjacent to an activating group) is 1. The molecule has 0 aliphatic carbocycles. The zero-order valence-electron chi connectivity index (χ0n) is 16.0. The second-order valence-electron chi connectivity index (χ2n) is 6.84. The van der Waals surface area contributed by atoms with E-state index in [1.807, 2.05) is 0 Å². The normalized spacial score (nSPS) is 17.9. The van der Waals surface area contributed by atoms with E-state index in [9.17, 15) is 23.1 Å². The van der Waals surface area contributed by atoms with Gasteiger partial charge >= 0.3 is 6.36 Å². The highest BCUT2D eigenvalue weighted by Crippen LogP contribution is 2.32. The van der Waals surface area contributed by atoms with Crippen molar-refractivity contribution in [2.45, 2.75) is 32.2 Å². The van der Waals surface area contributed by atoms with Gasteiger partial charge in [-0.3, -0.25) is 9.36 Å². The van der Waals surface area contributed by atoms with Crippen LogP contribution in [-0.4, -0.2) is 56.8 Å². The molecule has 2 N–H and O–H groups in total. The average molecular weight is 413 g/mol. The number of phenolic OH excluding ortho intramolecular Hbond substituents is 1. The number of nitrogens with zero attached hydrogens (tertiary/aromatic N) is 4. The van der Waals surface area contributed by atoms with Crippen molar-refractivity contribution in [3.63, 3.8) is 0 Å². The number of benzene rings is 1. The molecule has 3 rings (SSSR count). The Hall–Kier alpha value is -2.82. The van der Waals surface area contributed by atoms with Gasteiger partial charge in [-0.2, -0.15) is 0 Å². The fourth-order valence-corrected chi connectivity index (χ4v) is 3.31. The second-order valence-corrected chi connectivity index (χ2v) is 6.84. The molecule has 1 aliphatic heterocycles. The van der Waals surface area contributed by atoms with E-state index in [4.69, 9.17) is 0 Å². The number of alkyl halides is 3. The number of ether oxygens (including phenoxy) is 1. The van der Waals surface area contributed by atoms with Crippen molar-refractivity contribution in [2.75, 3.05) is 25.0 Å². The van der Waals surface area contributed by atoms with Crippen LogP contribution in [0.5, 0.6) is 11.5 Å². The van der Waals surface area contributed by atoms with Crippen LogP contribution in [0.15, 0.2) is 23.0 Å². The Morgan fingerprint density at radius 2 is 2.10 bits per heavy atom. The Kier molecular flexibility index (Phi) is 5.96. The highest BCUT2D eigenvalue weighted by atomic mass is 19.4. The largest absolute Gasteiger partial charge is 0.573 e. The lowest BCUT2D eigenvalue weighted by Gasteiger charge is -2.32.